The van der Waals surface area contributed by atoms with Gasteiger partial charge in [0.25, 0.3) is 0 Å². The van der Waals surface area contributed by atoms with Crippen molar-refractivity contribution in [3.63, 3.8) is 0 Å². The molecular weight excluding hydrogens is 222 g/mol. The van der Waals surface area contributed by atoms with Crippen molar-refractivity contribution in [2.45, 2.75) is 39.2 Å². The van der Waals surface area contributed by atoms with Gasteiger partial charge in [0, 0.05) is 5.41 Å². The molecule has 0 unspecified atom stereocenters. The number of aliphatic hydroxyl groups excluding tert-OH is 1. The zero-order valence-corrected chi connectivity index (χ0v) is 9.89. The zero-order chi connectivity index (χ0) is 12.5. The number of carbonyl (C=O) groups is 1. The van der Waals surface area contributed by atoms with Crippen LogP contribution in [0.25, 0.3) is 0 Å². The lowest BCUT2D eigenvalue weighted by Gasteiger charge is -2.13. The summed E-state index contributed by atoms with van der Waals surface area (Å²) in [5, 5.41) is 26.0. The number of nitrogens with zero attached hydrogens (tertiary/aromatic N) is 3. The standard InChI is InChI=1S/C11H17N3O3/c1-2-9-8(5-10(16)17)12-13-14(9)6-11(7-15)3-4-11/h15H,2-7H2,1H3,(H,16,17). The molecule has 0 bridgehead atoms. The van der Waals surface area contributed by atoms with Gasteiger partial charge in [-0.25, -0.2) is 4.68 Å². The molecule has 0 aliphatic heterocycles. The average Bonchev–Trinajstić information content (AvgIpc) is 2.96. The van der Waals surface area contributed by atoms with Gasteiger partial charge in [-0.3, -0.25) is 4.79 Å². The largest absolute Gasteiger partial charge is 0.481 e. The molecule has 0 amide bonds. The summed E-state index contributed by atoms with van der Waals surface area (Å²) in [4.78, 5) is 10.7. The molecule has 2 rings (SSSR count). The minimum absolute atomic E-state index is 0.0435. The van der Waals surface area contributed by atoms with E-state index in [0.29, 0.717) is 18.7 Å². The molecule has 1 aromatic heterocycles. The van der Waals surface area contributed by atoms with Crippen molar-refractivity contribution in [1.29, 1.82) is 0 Å². The van der Waals surface area contributed by atoms with Crippen molar-refractivity contribution in [2.75, 3.05) is 6.61 Å². The minimum atomic E-state index is -0.893. The van der Waals surface area contributed by atoms with Gasteiger partial charge in [0.2, 0.25) is 0 Å². The van der Waals surface area contributed by atoms with E-state index >= 15 is 0 Å². The molecule has 0 radical (unpaired) electrons. The van der Waals surface area contributed by atoms with Gasteiger partial charge in [-0.2, -0.15) is 0 Å². The number of aliphatic hydroxyl groups is 1. The lowest BCUT2D eigenvalue weighted by atomic mass is 10.1. The second-order valence-corrected chi connectivity index (χ2v) is 4.72. The van der Waals surface area contributed by atoms with E-state index in [9.17, 15) is 9.90 Å². The molecule has 1 aliphatic carbocycles. The fourth-order valence-corrected chi connectivity index (χ4v) is 2.02. The first-order valence-corrected chi connectivity index (χ1v) is 5.84. The Morgan fingerprint density at radius 1 is 1.53 bits per heavy atom. The Balaban J connectivity index is 2.17. The van der Waals surface area contributed by atoms with Crippen molar-refractivity contribution in [3.05, 3.63) is 11.4 Å². The highest BCUT2D eigenvalue weighted by atomic mass is 16.4. The SMILES string of the molecule is CCc1c(CC(=O)O)nnn1CC1(CO)CC1. The van der Waals surface area contributed by atoms with Gasteiger partial charge in [-0.1, -0.05) is 12.1 Å². The summed E-state index contributed by atoms with van der Waals surface area (Å²) < 4.78 is 1.75. The highest BCUT2D eigenvalue weighted by Gasteiger charge is 2.43. The molecule has 6 nitrogen and oxygen atoms in total. The minimum Gasteiger partial charge on any atom is -0.481 e. The first-order valence-electron chi connectivity index (χ1n) is 5.84. The third-order valence-corrected chi connectivity index (χ3v) is 3.35. The highest BCUT2D eigenvalue weighted by Crippen LogP contribution is 2.46. The van der Waals surface area contributed by atoms with Crippen LogP contribution in [0.2, 0.25) is 0 Å². The van der Waals surface area contributed by atoms with Crippen molar-refractivity contribution in [1.82, 2.24) is 15.0 Å². The van der Waals surface area contributed by atoms with E-state index in [-0.39, 0.29) is 18.4 Å². The molecule has 1 aromatic rings. The molecule has 0 spiro atoms. The predicted octanol–water partition coefficient (Wildman–Crippen LogP) is 0.240. The van der Waals surface area contributed by atoms with Gasteiger partial charge in [0.1, 0.15) is 0 Å². The summed E-state index contributed by atoms with van der Waals surface area (Å²) in [7, 11) is 0. The van der Waals surface area contributed by atoms with Crippen molar-refractivity contribution < 1.29 is 15.0 Å². The first-order chi connectivity index (χ1) is 8.10. The van der Waals surface area contributed by atoms with Crippen molar-refractivity contribution >= 4 is 5.97 Å². The molecule has 0 aromatic carbocycles. The quantitative estimate of drug-likeness (QED) is 0.742. The van der Waals surface area contributed by atoms with Gasteiger partial charge in [0.05, 0.1) is 31.0 Å². The van der Waals surface area contributed by atoms with Crippen LogP contribution in [0.15, 0.2) is 0 Å². The van der Waals surface area contributed by atoms with Crippen LogP contribution in [-0.4, -0.2) is 37.8 Å². The number of carboxylic acids is 1. The topological polar surface area (TPSA) is 88.2 Å². The molecule has 1 saturated carbocycles. The molecule has 1 fully saturated rings. The Hall–Kier alpha value is -1.43. The number of aliphatic carboxylic acids is 1. The smallest absolute Gasteiger partial charge is 0.309 e. The Bertz CT molecular complexity index is 424. The van der Waals surface area contributed by atoms with Crippen LogP contribution in [0.4, 0.5) is 0 Å². The van der Waals surface area contributed by atoms with Crippen LogP contribution in [0.1, 0.15) is 31.2 Å². The molecule has 17 heavy (non-hydrogen) atoms. The van der Waals surface area contributed by atoms with Crippen molar-refractivity contribution in [2.24, 2.45) is 5.41 Å². The molecular formula is C11H17N3O3. The van der Waals surface area contributed by atoms with E-state index in [2.05, 4.69) is 10.3 Å². The summed E-state index contributed by atoms with van der Waals surface area (Å²) in [6.07, 6.45) is 2.62. The molecule has 1 heterocycles. The molecule has 94 valence electrons. The number of hydrogen-bond donors (Lipinski definition) is 2. The Morgan fingerprint density at radius 2 is 2.24 bits per heavy atom. The zero-order valence-electron chi connectivity index (χ0n) is 9.89. The van der Waals surface area contributed by atoms with Gasteiger partial charge in [-0.05, 0) is 19.3 Å². The first kappa shape index (κ1) is 12.0. The lowest BCUT2D eigenvalue weighted by molar-refractivity contribution is -0.136. The van der Waals surface area contributed by atoms with Crippen LogP contribution < -0.4 is 0 Å². The molecule has 0 atom stereocenters. The van der Waals surface area contributed by atoms with E-state index in [1.807, 2.05) is 6.92 Å². The van der Waals surface area contributed by atoms with Gasteiger partial charge < -0.3 is 10.2 Å². The van der Waals surface area contributed by atoms with Crippen LogP contribution >= 0.6 is 0 Å². The van der Waals surface area contributed by atoms with Crippen molar-refractivity contribution in [3.8, 4) is 0 Å². The summed E-state index contributed by atoms with van der Waals surface area (Å²) in [5.74, 6) is -0.893. The maximum atomic E-state index is 10.7. The highest BCUT2D eigenvalue weighted by molar-refractivity contribution is 5.69. The third-order valence-electron chi connectivity index (χ3n) is 3.35. The predicted molar refractivity (Wildman–Crippen MR) is 59.5 cm³/mol. The van der Waals surface area contributed by atoms with E-state index in [0.717, 1.165) is 18.5 Å². The fraction of sp³-hybridized carbons (Fsp3) is 0.727. The number of aromatic nitrogens is 3. The number of rotatable bonds is 6. The van der Waals surface area contributed by atoms with Gasteiger partial charge in [0.15, 0.2) is 0 Å². The van der Waals surface area contributed by atoms with E-state index in [4.69, 9.17) is 5.11 Å². The van der Waals surface area contributed by atoms with E-state index in [1.54, 1.807) is 4.68 Å². The molecule has 2 N–H and O–H groups in total. The molecule has 1 aliphatic rings. The monoisotopic (exact) mass is 239 g/mol. The maximum Gasteiger partial charge on any atom is 0.309 e. The normalized spacial score (nSPS) is 17.1. The van der Waals surface area contributed by atoms with Crippen LogP contribution in [0.5, 0.6) is 0 Å². The van der Waals surface area contributed by atoms with Gasteiger partial charge >= 0.3 is 5.97 Å². The Morgan fingerprint density at radius 3 is 2.71 bits per heavy atom. The van der Waals surface area contributed by atoms with Crippen LogP contribution in [0, 0.1) is 5.41 Å². The molecule has 6 heteroatoms. The third kappa shape index (κ3) is 2.46. The van der Waals surface area contributed by atoms with Crippen LogP contribution in [0.3, 0.4) is 0 Å². The summed E-state index contributed by atoms with van der Waals surface area (Å²) in [6.45, 7) is 2.75. The second kappa shape index (κ2) is 4.44. The Kier molecular flexibility index (Phi) is 3.15. The summed E-state index contributed by atoms with van der Waals surface area (Å²) in [6, 6.07) is 0. The average molecular weight is 239 g/mol. The number of carboxylic acid groups (broad SMARTS) is 1. The van der Waals surface area contributed by atoms with E-state index in [1.165, 1.54) is 0 Å². The maximum absolute atomic E-state index is 10.7. The molecule has 0 saturated heterocycles. The van der Waals surface area contributed by atoms with Gasteiger partial charge in [-0.15, -0.1) is 5.10 Å². The number of hydrogen-bond acceptors (Lipinski definition) is 4. The fourth-order valence-electron chi connectivity index (χ4n) is 2.02. The lowest BCUT2D eigenvalue weighted by Crippen LogP contribution is -2.18. The Labute approximate surface area is 99.3 Å². The van der Waals surface area contributed by atoms with E-state index < -0.39 is 5.97 Å². The summed E-state index contributed by atoms with van der Waals surface area (Å²) in [5.41, 5.74) is 1.36. The second-order valence-electron chi connectivity index (χ2n) is 4.72. The van der Waals surface area contributed by atoms with Crippen LogP contribution in [-0.2, 0) is 24.2 Å². The summed E-state index contributed by atoms with van der Waals surface area (Å²) >= 11 is 0.